The monoisotopic (exact) mass is 180 g/mol. The van der Waals surface area contributed by atoms with E-state index in [1.165, 1.54) is 0 Å². The van der Waals surface area contributed by atoms with E-state index in [1.54, 1.807) is 5.43 Å². The Morgan fingerprint density at radius 2 is 1.58 bits per heavy atom. The molecule has 0 aliphatic carbocycles. The van der Waals surface area contributed by atoms with Gasteiger partial charge in [0.25, 0.3) is 0 Å². The first-order valence-corrected chi connectivity index (χ1v) is 2.87. The lowest BCUT2D eigenvalue weighted by molar-refractivity contribution is 0.437. The predicted molar refractivity (Wildman–Crippen MR) is 34.1 cm³/mol. The van der Waals surface area contributed by atoms with Gasteiger partial charge < -0.3 is 5.43 Å². The summed E-state index contributed by atoms with van der Waals surface area (Å²) in [4.78, 5) is 0. The third kappa shape index (κ3) is 1.20. The molecule has 0 atom stereocenters. The van der Waals surface area contributed by atoms with Crippen molar-refractivity contribution >= 4 is 5.69 Å². The van der Waals surface area contributed by atoms with Crippen LogP contribution in [0.15, 0.2) is 6.07 Å². The maximum Gasteiger partial charge on any atom is 0.196 e. The van der Waals surface area contributed by atoms with Crippen molar-refractivity contribution in [3.8, 4) is 0 Å². The minimum atomic E-state index is -1.76. The molecule has 1 rings (SSSR count). The molecular weight excluding hydrogens is 176 g/mol. The summed E-state index contributed by atoms with van der Waals surface area (Å²) >= 11 is 0. The van der Waals surface area contributed by atoms with Gasteiger partial charge in [-0.25, -0.2) is 17.6 Å². The Kier molecular flexibility index (Phi) is 2.18. The highest BCUT2D eigenvalue weighted by atomic mass is 19.2. The molecule has 2 nitrogen and oxygen atoms in total. The van der Waals surface area contributed by atoms with Crippen molar-refractivity contribution in [2.75, 3.05) is 5.43 Å². The molecule has 6 heteroatoms. The number of nitrogens with two attached hydrogens (primary N) is 1. The van der Waals surface area contributed by atoms with Gasteiger partial charge >= 0.3 is 0 Å². The number of halogens is 4. The van der Waals surface area contributed by atoms with Crippen LogP contribution >= 0.6 is 0 Å². The van der Waals surface area contributed by atoms with Crippen LogP contribution in [-0.4, -0.2) is 0 Å². The zero-order chi connectivity index (χ0) is 9.30. The first-order chi connectivity index (χ1) is 5.57. The van der Waals surface area contributed by atoms with Gasteiger partial charge in [0.1, 0.15) is 5.69 Å². The van der Waals surface area contributed by atoms with E-state index in [2.05, 4.69) is 5.84 Å². The summed E-state index contributed by atoms with van der Waals surface area (Å²) in [6.07, 6.45) is 0. The second kappa shape index (κ2) is 2.98. The van der Waals surface area contributed by atoms with E-state index >= 15 is 0 Å². The van der Waals surface area contributed by atoms with Gasteiger partial charge in [0.2, 0.25) is 0 Å². The van der Waals surface area contributed by atoms with Crippen LogP contribution in [0.2, 0.25) is 0 Å². The molecular formula is C6H4F4N2. The Morgan fingerprint density at radius 1 is 1.00 bits per heavy atom. The van der Waals surface area contributed by atoms with Gasteiger partial charge in [0.15, 0.2) is 23.3 Å². The van der Waals surface area contributed by atoms with Gasteiger partial charge in [-0.2, -0.15) is 0 Å². The number of nitrogens with one attached hydrogen (secondary N) is 1. The fourth-order valence-electron chi connectivity index (χ4n) is 0.699. The van der Waals surface area contributed by atoms with E-state index in [9.17, 15) is 17.6 Å². The topological polar surface area (TPSA) is 38.0 Å². The number of hydrogen-bond donors (Lipinski definition) is 2. The van der Waals surface area contributed by atoms with E-state index < -0.39 is 29.0 Å². The van der Waals surface area contributed by atoms with Gasteiger partial charge in [-0.1, -0.05) is 0 Å². The van der Waals surface area contributed by atoms with Crippen LogP contribution < -0.4 is 11.3 Å². The third-order valence-corrected chi connectivity index (χ3v) is 1.26. The van der Waals surface area contributed by atoms with Crippen LogP contribution in [0.3, 0.4) is 0 Å². The SMILES string of the molecule is NNc1c(F)cc(F)c(F)c1F. The first kappa shape index (κ1) is 8.79. The third-order valence-electron chi connectivity index (χ3n) is 1.26. The highest BCUT2D eigenvalue weighted by Crippen LogP contribution is 2.22. The van der Waals surface area contributed by atoms with Crippen molar-refractivity contribution in [3.05, 3.63) is 29.3 Å². The summed E-state index contributed by atoms with van der Waals surface area (Å²) in [6, 6.07) is 0.202. The lowest BCUT2D eigenvalue weighted by Crippen LogP contribution is -2.12. The number of rotatable bonds is 1. The molecule has 0 aliphatic rings. The maximum absolute atomic E-state index is 12.5. The summed E-state index contributed by atoms with van der Waals surface area (Å²) in [5.41, 5.74) is 0.680. The fourth-order valence-corrected chi connectivity index (χ4v) is 0.699. The Labute approximate surface area is 65.0 Å². The Hall–Kier alpha value is -1.30. The summed E-state index contributed by atoms with van der Waals surface area (Å²) < 4.78 is 49.6. The van der Waals surface area contributed by atoms with Crippen LogP contribution in [0.4, 0.5) is 23.2 Å². The van der Waals surface area contributed by atoms with Crippen molar-refractivity contribution in [3.63, 3.8) is 0 Å². The number of nitrogen functional groups attached to an aromatic ring is 1. The number of hydrogen-bond acceptors (Lipinski definition) is 2. The Bertz CT molecular complexity index is 313. The number of benzene rings is 1. The maximum atomic E-state index is 12.5. The van der Waals surface area contributed by atoms with Gasteiger partial charge in [-0.05, 0) is 0 Å². The second-order valence-corrected chi connectivity index (χ2v) is 1.99. The van der Waals surface area contributed by atoms with E-state index in [4.69, 9.17) is 0 Å². The normalized spacial score (nSPS) is 10.1. The molecule has 12 heavy (non-hydrogen) atoms. The zero-order valence-electron chi connectivity index (χ0n) is 5.67. The van der Waals surface area contributed by atoms with Crippen molar-refractivity contribution in [1.82, 2.24) is 0 Å². The molecule has 0 aromatic heterocycles. The molecule has 0 amide bonds. The minimum Gasteiger partial charge on any atom is -0.319 e. The van der Waals surface area contributed by atoms with Crippen molar-refractivity contribution < 1.29 is 17.6 Å². The smallest absolute Gasteiger partial charge is 0.196 e. The van der Waals surface area contributed by atoms with Crippen LogP contribution in [0, 0.1) is 23.3 Å². The van der Waals surface area contributed by atoms with Crippen molar-refractivity contribution in [2.45, 2.75) is 0 Å². The van der Waals surface area contributed by atoms with Crippen LogP contribution in [0.5, 0.6) is 0 Å². The molecule has 0 unspecified atom stereocenters. The molecule has 3 N–H and O–H groups in total. The van der Waals surface area contributed by atoms with Gasteiger partial charge in [0.05, 0.1) is 0 Å². The molecule has 0 radical (unpaired) electrons. The minimum absolute atomic E-state index is 0.202. The summed E-state index contributed by atoms with van der Waals surface area (Å²) in [5, 5.41) is 0. The highest BCUT2D eigenvalue weighted by Gasteiger charge is 2.17. The average Bonchev–Trinajstić information content (AvgIpc) is 2.01. The predicted octanol–water partition coefficient (Wildman–Crippen LogP) is 1.53. The molecule has 0 heterocycles. The fraction of sp³-hybridized carbons (Fsp3) is 0. The summed E-state index contributed by atoms with van der Waals surface area (Å²) in [5.74, 6) is -1.66. The van der Waals surface area contributed by atoms with Crippen molar-refractivity contribution in [2.24, 2.45) is 5.84 Å². The molecule has 0 aliphatic heterocycles. The molecule has 0 saturated heterocycles. The van der Waals surface area contributed by atoms with Crippen LogP contribution in [0.1, 0.15) is 0 Å². The Balaban J connectivity index is 3.40. The zero-order valence-corrected chi connectivity index (χ0v) is 5.67. The Morgan fingerprint density at radius 3 is 2.08 bits per heavy atom. The molecule has 1 aromatic carbocycles. The second-order valence-electron chi connectivity index (χ2n) is 1.99. The lowest BCUT2D eigenvalue weighted by Gasteiger charge is -2.04. The molecule has 0 saturated carbocycles. The molecule has 1 aromatic rings. The first-order valence-electron chi connectivity index (χ1n) is 2.87. The summed E-state index contributed by atoms with van der Waals surface area (Å²) in [6.45, 7) is 0. The van der Waals surface area contributed by atoms with Crippen LogP contribution in [-0.2, 0) is 0 Å². The highest BCUT2D eigenvalue weighted by molar-refractivity contribution is 5.45. The van der Waals surface area contributed by atoms with E-state index in [1.807, 2.05) is 0 Å². The molecule has 0 bridgehead atoms. The van der Waals surface area contributed by atoms with Gasteiger partial charge in [0, 0.05) is 6.07 Å². The number of hydrazine groups is 1. The van der Waals surface area contributed by atoms with Crippen LogP contribution in [0.25, 0.3) is 0 Å². The number of anilines is 1. The van der Waals surface area contributed by atoms with Crippen molar-refractivity contribution in [1.29, 1.82) is 0 Å². The standard InChI is InChI=1S/C6H4F4N2/c7-2-1-3(8)6(12-11)5(10)4(2)9/h1,12H,11H2. The van der Waals surface area contributed by atoms with Gasteiger partial charge in [-0.15, -0.1) is 0 Å². The largest absolute Gasteiger partial charge is 0.319 e. The van der Waals surface area contributed by atoms with E-state index in [0.29, 0.717) is 0 Å². The quantitative estimate of drug-likeness (QED) is 0.226. The average molecular weight is 180 g/mol. The van der Waals surface area contributed by atoms with E-state index in [0.717, 1.165) is 0 Å². The lowest BCUT2D eigenvalue weighted by atomic mass is 10.2. The van der Waals surface area contributed by atoms with E-state index in [-0.39, 0.29) is 6.07 Å². The molecule has 0 spiro atoms. The molecule has 0 fully saturated rings. The van der Waals surface area contributed by atoms with Gasteiger partial charge in [-0.3, -0.25) is 5.84 Å². The molecule has 66 valence electrons. The summed E-state index contributed by atoms with van der Waals surface area (Å²) in [7, 11) is 0.